The molecule has 13 heavy (non-hydrogen) atoms. The molecule has 0 saturated carbocycles. The first-order valence-corrected chi connectivity index (χ1v) is 5.51. The molecule has 2 atom stereocenters. The minimum absolute atomic E-state index is 0.149. The van der Waals surface area contributed by atoms with Crippen molar-refractivity contribution in [3.05, 3.63) is 22.4 Å². The average Bonchev–Trinajstić information content (AvgIpc) is 2.62. The third kappa shape index (κ3) is 2.10. The van der Waals surface area contributed by atoms with E-state index < -0.39 is 0 Å². The van der Waals surface area contributed by atoms with Gasteiger partial charge in [-0.25, -0.2) is 0 Å². The van der Waals surface area contributed by atoms with Crippen molar-refractivity contribution in [3.63, 3.8) is 0 Å². The summed E-state index contributed by atoms with van der Waals surface area (Å²) < 4.78 is 5.82. The van der Waals surface area contributed by atoms with Gasteiger partial charge in [0, 0.05) is 17.8 Å². The molecule has 1 aromatic rings. The molecule has 1 N–H and O–H groups in total. The number of ether oxygens (including phenoxy) is 1. The van der Waals surface area contributed by atoms with Gasteiger partial charge in [0.2, 0.25) is 0 Å². The lowest BCUT2D eigenvalue weighted by Crippen LogP contribution is -2.39. The van der Waals surface area contributed by atoms with Crippen LogP contribution in [-0.2, 0) is 11.2 Å². The van der Waals surface area contributed by atoms with Gasteiger partial charge in [-0.05, 0) is 25.3 Å². The molecule has 0 aliphatic carbocycles. The van der Waals surface area contributed by atoms with Gasteiger partial charge in [-0.3, -0.25) is 5.32 Å². The summed E-state index contributed by atoms with van der Waals surface area (Å²) in [5, 5.41) is 5.51. The highest BCUT2D eigenvalue weighted by Crippen LogP contribution is 2.23. The number of hydrogen-bond acceptors (Lipinski definition) is 3. The van der Waals surface area contributed by atoms with Crippen LogP contribution in [-0.4, -0.2) is 18.4 Å². The minimum Gasteiger partial charge on any atom is -0.356 e. The van der Waals surface area contributed by atoms with Crippen LogP contribution in [0.15, 0.2) is 17.5 Å². The summed E-state index contributed by atoms with van der Waals surface area (Å²) in [4.78, 5) is 1.38. The Morgan fingerprint density at radius 3 is 3.15 bits per heavy atom. The van der Waals surface area contributed by atoms with Gasteiger partial charge in [0.15, 0.2) is 0 Å². The first kappa shape index (κ1) is 9.19. The highest BCUT2D eigenvalue weighted by Gasteiger charge is 2.33. The summed E-state index contributed by atoms with van der Waals surface area (Å²) >= 11 is 1.79. The lowest BCUT2D eigenvalue weighted by atomic mass is 10.1. The number of hydrogen-bond donors (Lipinski definition) is 1. The third-order valence-corrected chi connectivity index (χ3v) is 3.19. The van der Waals surface area contributed by atoms with Gasteiger partial charge in [-0.2, -0.15) is 0 Å². The summed E-state index contributed by atoms with van der Waals surface area (Å²) in [7, 11) is 0. The molecule has 72 valence electrons. The zero-order valence-corrected chi connectivity index (χ0v) is 8.86. The van der Waals surface area contributed by atoms with Crippen LogP contribution in [0, 0.1) is 0 Å². The van der Waals surface area contributed by atoms with Crippen molar-refractivity contribution >= 4 is 11.3 Å². The second-order valence-electron chi connectivity index (χ2n) is 3.80. The maximum atomic E-state index is 5.82. The second-order valence-corrected chi connectivity index (χ2v) is 4.83. The quantitative estimate of drug-likeness (QED) is 0.783. The van der Waals surface area contributed by atoms with E-state index in [0.717, 1.165) is 13.0 Å². The Labute approximate surface area is 82.9 Å². The van der Waals surface area contributed by atoms with Gasteiger partial charge in [-0.15, -0.1) is 11.3 Å². The van der Waals surface area contributed by atoms with E-state index in [9.17, 15) is 0 Å². The molecule has 2 rings (SSSR count). The van der Waals surface area contributed by atoms with Crippen molar-refractivity contribution in [2.24, 2.45) is 0 Å². The van der Waals surface area contributed by atoms with Gasteiger partial charge in [0.05, 0.1) is 6.10 Å². The first-order chi connectivity index (χ1) is 6.18. The molecule has 0 spiro atoms. The van der Waals surface area contributed by atoms with Gasteiger partial charge < -0.3 is 4.74 Å². The summed E-state index contributed by atoms with van der Waals surface area (Å²) in [6.45, 7) is 5.19. The predicted octanol–water partition coefficient (Wildman–Crippen LogP) is 2.02. The molecule has 3 heteroatoms. The summed E-state index contributed by atoms with van der Waals surface area (Å²) in [6, 6.07) is 4.24. The van der Waals surface area contributed by atoms with Crippen LogP contribution in [0.5, 0.6) is 0 Å². The SMILES string of the molecule is CC1CNC(C)(Cc2cccs2)O1. The molecule has 2 heterocycles. The molecule has 0 aromatic carbocycles. The van der Waals surface area contributed by atoms with E-state index in [-0.39, 0.29) is 5.72 Å². The Hall–Kier alpha value is -0.380. The first-order valence-electron chi connectivity index (χ1n) is 4.63. The van der Waals surface area contributed by atoms with Crippen LogP contribution in [0.3, 0.4) is 0 Å². The lowest BCUT2D eigenvalue weighted by Gasteiger charge is -2.23. The van der Waals surface area contributed by atoms with Crippen LogP contribution >= 0.6 is 11.3 Å². The molecule has 0 amide bonds. The topological polar surface area (TPSA) is 21.3 Å². The molecule has 1 aliphatic rings. The van der Waals surface area contributed by atoms with E-state index in [1.165, 1.54) is 4.88 Å². The Balaban J connectivity index is 2.01. The molecule has 2 nitrogen and oxygen atoms in total. The normalized spacial score (nSPS) is 33.8. The molecule has 1 aliphatic heterocycles. The maximum Gasteiger partial charge on any atom is 0.121 e. The smallest absolute Gasteiger partial charge is 0.121 e. The van der Waals surface area contributed by atoms with E-state index in [1.807, 2.05) is 0 Å². The maximum absolute atomic E-state index is 5.82. The Kier molecular flexibility index (Phi) is 2.41. The molecule has 1 fully saturated rings. The standard InChI is InChI=1S/C10H15NOS/c1-8-7-11-10(2,12-8)6-9-4-3-5-13-9/h3-5,8,11H,6-7H2,1-2H3. The molecular formula is C10H15NOS. The van der Waals surface area contributed by atoms with E-state index >= 15 is 0 Å². The van der Waals surface area contributed by atoms with E-state index in [4.69, 9.17) is 4.74 Å². The highest BCUT2D eigenvalue weighted by molar-refractivity contribution is 7.09. The van der Waals surface area contributed by atoms with Crippen molar-refractivity contribution < 1.29 is 4.74 Å². The summed E-state index contributed by atoms with van der Waals surface area (Å²) in [6.07, 6.45) is 1.31. The molecule has 1 saturated heterocycles. The summed E-state index contributed by atoms with van der Waals surface area (Å²) in [5.41, 5.74) is -0.149. The van der Waals surface area contributed by atoms with Crippen molar-refractivity contribution in [1.82, 2.24) is 5.32 Å². The monoisotopic (exact) mass is 197 g/mol. The highest BCUT2D eigenvalue weighted by atomic mass is 32.1. The van der Waals surface area contributed by atoms with Crippen LogP contribution in [0.1, 0.15) is 18.7 Å². The van der Waals surface area contributed by atoms with Gasteiger partial charge in [-0.1, -0.05) is 6.07 Å². The Bertz CT molecular complexity index is 272. The average molecular weight is 197 g/mol. The second kappa shape index (κ2) is 3.40. The zero-order chi connectivity index (χ0) is 9.31. The van der Waals surface area contributed by atoms with E-state index in [0.29, 0.717) is 6.10 Å². The number of thiophene rings is 1. The number of rotatable bonds is 2. The molecule has 1 aromatic heterocycles. The van der Waals surface area contributed by atoms with Crippen LogP contribution < -0.4 is 5.32 Å². The molecule has 0 bridgehead atoms. The molecule has 0 radical (unpaired) electrons. The lowest BCUT2D eigenvalue weighted by molar-refractivity contribution is -0.0286. The zero-order valence-electron chi connectivity index (χ0n) is 8.04. The predicted molar refractivity (Wildman–Crippen MR) is 55.0 cm³/mol. The van der Waals surface area contributed by atoms with Gasteiger partial charge in [0.1, 0.15) is 5.72 Å². The van der Waals surface area contributed by atoms with Crippen LogP contribution in [0.4, 0.5) is 0 Å². The van der Waals surface area contributed by atoms with Crippen LogP contribution in [0.25, 0.3) is 0 Å². The van der Waals surface area contributed by atoms with Crippen LogP contribution in [0.2, 0.25) is 0 Å². The number of nitrogens with one attached hydrogen (secondary N) is 1. The van der Waals surface area contributed by atoms with Crippen molar-refractivity contribution in [3.8, 4) is 0 Å². The third-order valence-electron chi connectivity index (χ3n) is 2.32. The Morgan fingerprint density at radius 1 is 1.77 bits per heavy atom. The van der Waals surface area contributed by atoms with Gasteiger partial charge >= 0.3 is 0 Å². The fourth-order valence-corrected chi connectivity index (χ4v) is 2.58. The van der Waals surface area contributed by atoms with E-state index in [2.05, 4.69) is 36.7 Å². The van der Waals surface area contributed by atoms with Crippen molar-refractivity contribution in [2.75, 3.05) is 6.54 Å². The minimum atomic E-state index is -0.149. The summed E-state index contributed by atoms with van der Waals surface area (Å²) in [5.74, 6) is 0. The Morgan fingerprint density at radius 2 is 2.62 bits per heavy atom. The van der Waals surface area contributed by atoms with Crippen molar-refractivity contribution in [2.45, 2.75) is 32.1 Å². The molecule has 2 unspecified atom stereocenters. The largest absolute Gasteiger partial charge is 0.356 e. The van der Waals surface area contributed by atoms with E-state index in [1.54, 1.807) is 11.3 Å². The van der Waals surface area contributed by atoms with Gasteiger partial charge in [0.25, 0.3) is 0 Å². The molecular weight excluding hydrogens is 182 g/mol. The van der Waals surface area contributed by atoms with Crippen molar-refractivity contribution in [1.29, 1.82) is 0 Å². The fourth-order valence-electron chi connectivity index (χ4n) is 1.74. The fraction of sp³-hybridized carbons (Fsp3) is 0.600.